The summed E-state index contributed by atoms with van der Waals surface area (Å²) < 4.78 is 0. The summed E-state index contributed by atoms with van der Waals surface area (Å²) in [4.78, 5) is 14.8. The van der Waals surface area contributed by atoms with Gasteiger partial charge in [0.15, 0.2) is 0 Å². The van der Waals surface area contributed by atoms with E-state index in [-0.39, 0.29) is 17.7 Å². The quantitative estimate of drug-likeness (QED) is 0.713. The number of hydrogen-bond acceptors (Lipinski definition) is 3. The Hall–Kier alpha value is -2.33. The van der Waals surface area contributed by atoms with Gasteiger partial charge in [-0.2, -0.15) is 0 Å². The second kappa shape index (κ2) is 9.05. The lowest BCUT2D eigenvalue weighted by Gasteiger charge is -2.25. The number of phenolic OH excluding ortho intramolecular Hbond substituents is 1. The summed E-state index contributed by atoms with van der Waals surface area (Å²) in [5, 5.41) is 12.6. The number of carbonyl (C=O) groups is 1. The van der Waals surface area contributed by atoms with Crippen molar-refractivity contribution in [2.24, 2.45) is 5.92 Å². The molecule has 1 aliphatic rings. The molecule has 2 N–H and O–H groups in total. The summed E-state index contributed by atoms with van der Waals surface area (Å²) in [6, 6.07) is 17.9. The zero-order valence-electron chi connectivity index (χ0n) is 16.3. The Morgan fingerprint density at radius 3 is 2.37 bits per heavy atom. The van der Waals surface area contributed by atoms with Crippen molar-refractivity contribution in [3.8, 4) is 5.75 Å². The third kappa shape index (κ3) is 5.83. The van der Waals surface area contributed by atoms with Gasteiger partial charge in [-0.3, -0.25) is 4.79 Å². The Kier molecular flexibility index (Phi) is 6.51. The molecule has 1 aliphatic carbocycles. The summed E-state index contributed by atoms with van der Waals surface area (Å²) in [6.45, 7) is 0.624. The van der Waals surface area contributed by atoms with Crippen LogP contribution in [-0.4, -0.2) is 42.6 Å². The molecule has 2 unspecified atom stereocenters. The standard InChI is InChI=1S/C23H30N2O2/c1-25(2)20(14-17-8-12-21(26)13-9-17)16-24-23(27)15-22(19-10-11-19)18-6-4-3-5-7-18/h3-9,12-13,19-20,22,26H,10-11,14-16H2,1-2H3,(H,24,27). The van der Waals surface area contributed by atoms with Gasteiger partial charge in [0.05, 0.1) is 0 Å². The topological polar surface area (TPSA) is 52.6 Å². The maximum Gasteiger partial charge on any atom is 0.220 e. The van der Waals surface area contributed by atoms with Gasteiger partial charge in [-0.25, -0.2) is 0 Å². The molecule has 0 heterocycles. The zero-order valence-corrected chi connectivity index (χ0v) is 16.3. The van der Waals surface area contributed by atoms with Crippen LogP contribution in [-0.2, 0) is 11.2 Å². The van der Waals surface area contributed by atoms with Crippen LogP contribution < -0.4 is 5.32 Å². The van der Waals surface area contributed by atoms with E-state index in [0.29, 0.717) is 24.8 Å². The van der Waals surface area contributed by atoms with E-state index in [9.17, 15) is 9.90 Å². The van der Waals surface area contributed by atoms with Crippen molar-refractivity contribution in [1.82, 2.24) is 10.2 Å². The summed E-state index contributed by atoms with van der Waals surface area (Å²) in [5.74, 6) is 1.40. The molecule has 0 saturated heterocycles. The Morgan fingerprint density at radius 2 is 1.78 bits per heavy atom. The van der Waals surface area contributed by atoms with E-state index in [0.717, 1.165) is 12.0 Å². The lowest BCUT2D eigenvalue weighted by atomic mass is 9.90. The molecule has 0 aromatic heterocycles. The first-order valence-electron chi connectivity index (χ1n) is 9.79. The van der Waals surface area contributed by atoms with E-state index in [4.69, 9.17) is 0 Å². The number of carbonyl (C=O) groups excluding carboxylic acids is 1. The van der Waals surface area contributed by atoms with Crippen LogP contribution in [0.15, 0.2) is 54.6 Å². The lowest BCUT2D eigenvalue weighted by molar-refractivity contribution is -0.121. The number of rotatable bonds is 9. The van der Waals surface area contributed by atoms with Crippen LogP contribution in [0.1, 0.15) is 36.3 Å². The molecule has 1 amide bonds. The van der Waals surface area contributed by atoms with Crippen molar-refractivity contribution >= 4 is 5.91 Å². The van der Waals surface area contributed by atoms with E-state index < -0.39 is 0 Å². The maximum absolute atomic E-state index is 12.6. The van der Waals surface area contributed by atoms with E-state index >= 15 is 0 Å². The average Bonchev–Trinajstić information content (AvgIpc) is 3.50. The number of aromatic hydroxyl groups is 1. The number of benzene rings is 2. The highest BCUT2D eigenvalue weighted by molar-refractivity contribution is 5.77. The Balaban J connectivity index is 1.54. The fourth-order valence-electron chi connectivity index (χ4n) is 3.60. The maximum atomic E-state index is 12.6. The van der Waals surface area contributed by atoms with Gasteiger partial charge in [0.25, 0.3) is 0 Å². The molecule has 144 valence electrons. The number of nitrogens with one attached hydrogen (secondary N) is 1. The number of likely N-dealkylation sites (N-methyl/N-ethyl adjacent to an activating group) is 1. The van der Waals surface area contributed by atoms with E-state index in [1.165, 1.54) is 18.4 Å². The zero-order chi connectivity index (χ0) is 19.2. The molecule has 4 heteroatoms. The summed E-state index contributed by atoms with van der Waals surface area (Å²) in [5.41, 5.74) is 2.43. The van der Waals surface area contributed by atoms with Crippen molar-refractivity contribution in [1.29, 1.82) is 0 Å². The third-order valence-corrected chi connectivity index (χ3v) is 5.50. The molecule has 2 aromatic rings. The molecule has 1 fully saturated rings. The second-order valence-electron chi connectivity index (χ2n) is 7.85. The second-order valence-corrected chi connectivity index (χ2v) is 7.85. The molecule has 0 aliphatic heterocycles. The minimum absolute atomic E-state index is 0.133. The molecule has 4 nitrogen and oxygen atoms in total. The molecule has 27 heavy (non-hydrogen) atoms. The Labute approximate surface area is 162 Å². The van der Waals surface area contributed by atoms with E-state index in [1.807, 2.05) is 32.3 Å². The number of hydrogen-bond donors (Lipinski definition) is 2. The van der Waals surface area contributed by atoms with E-state index in [2.05, 4.69) is 34.5 Å². The predicted octanol–water partition coefficient (Wildman–Crippen LogP) is 3.57. The molecular weight excluding hydrogens is 336 g/mol. The SMILES string of the molecule is CN(C)C(CNC(=O)CC(c1ccccc1)C1CC1)Cc1ccc(O)cc1. The molecule has 2 atom stereocenters. The van der Waals surface area contributed by atoms with Crippen LogP contribution in [0.2, 0.25) is 0 Å². The molecule has 1 saturated carbocycles. The molecule has 3 rings (SSSR count). The third-order valence-electron chi connectivity index (χ3n) is 5.50. The van der Waals surface area contributed by atoms with E-state index in [1.54, 1.807) is 12.1 Å². The Morgan fingerprint density at radius 1 is 1.11 bits per heavy atom. The predicted molar refractivity (Wildman–Crippen MR) is 109 cm³/mol. The number of amides is 1. The first kappa shape index (κ1) is 19.4. The molecule has 0 spiro atoms. The fourth-order valence-corrected chi connectivity index (χ4v) is 3.60. The van der Waals surface area contributed by atoms with Gasteiger partial charge in [-0.15, -0.1) is 0 Å². The largest absolute Gasteiger partial charge is 0.508 e. The molecule has 0 radical (unpaired) electrons. The van der Waals surface area contributed by atoms with Crippen LogP contribution >= 0.6 is 0 Å². The molecule has 2 aromatic carbocycles. The number of phenols is 1. The highest BCUT2D eigenvalue weighted by atomic mass is 16.3. The first-order valence-corrected chi connectivity index (χ1v) is 9.79. The molecule has 0 bridgehead atoms. The summed E-state index contributed by atoms with van der Waals surface area (Å²) in [7, 11) is 4.07. The van der Waals surface area contributed by atoms with Crippen LogP contribution in [0, 0.1) is 5.92 Å². The smallest absolute Gasteiger partial charge is 0.220 e. The minimum Gasteiger partial charge on any atom is -0.508 e. The highest BCUT2D eigenvalue weighted by Crippen LogP contribution is 2.44. The van der Waals surface area contributed by atoms with Gasteiger partial charge in [0, 0.05) is 19.0 Å². The lowest BCUT2D eigenvalue weighted by Crippen LogP contribution is -2.42. The highest BCUT2D eigenvalue weighted by Gasteiger charge is 2.33. The summed E-state index contributed by atoms with van der Waals surface area (Å²) >= 11 is 0. The minimum atomic E-state index is 0.133. The average molecular weight is 367 g/mol. The van der Waals surface area contributed by atoms with Gasteiger partial charge in [-0.05, 0) is 68.5 Å². The first-order chi connectivity index (χ1) is 13.0. The van der Waals surface area contributed by atoms with Gasteiger partial charge in [0.2, 0.25) is 5.91 Å². The van der Waals surface area contributed by atoms with Crippen molar-refractivity contribution in [3.63, 3.8) is 0 Å². The van der Waals surface area contributed by atoms with Crippen LogP contribution in [0.5, 0.6) is 5.75 Å². The van der Waals surface area contributed by atoms with Crippen LogP contribution in [0.25, 0.3) is 0 Å². The van der Waals surface area contributed by atoms with Crippen molar-refractivity contribution < 1.29 is 9.90 Å². The van der Waals surface area contributed by atoms with Gasteiger partial charge in [0.1, 0.15) is 5.75 Å². The van der Waals surface area contributed by atoms with Gasteiger partial charge < -0.3 is 15.3 Å². The molecular formula is C23H30N2O2. The van der Waals surface area contributed by atoms with Gasteiger partial charge in [-0.1, -0.05) is 42.5 Å². The monoisotopic (exact) mass is 366 g/mol. The Bertz CT molecular complexity index is 724. The fraction of sp³-hybridized carbons (Fsp3) is 0.435. The number of nitrogens with zero attached hydrogens (tertiary/aromatic N) is 1. The van der Waals surface area contributed by atoms with Crippen molar-refractivity contribution in [2.45, 2.75) is 37.6 Å². The normalized spacial score (nSPS) is 16.1. The van der Waals surface area contributed by atoms with Crippen molar-refractivity contribution in [2.75, 3.05) is 20.6 Å². The van der Waals surface area contributed by atoms with Crippen LogP contribution in [0.4, 0.5) is 0 Å². The van der Waals surface area contributed by atoms with Gasteiger partial charge >= 0.3 is 0 Å². The van der Waals surface area contributed by atoms with Crippen LogP contribution in [0.3, 0.4) is 0 Å². The van der Waals surface area contributed by atoms with Crippen molar-refractivity contribution in [3.05, 3.63) is 65.7 Å². The summed E-state index contributed by atoms with van der Waals surface area (Å²) in [6.07, 6.45) is 3.86.